The number of nitrogens with zero attached hydrogens (tertiary/aromatic N) is 1. The molecule has 22 heavy (non-hydrogen) atoms. The van der Waals surface area contributed by atoms with Gasteiger partial charge in [0.05, 0.1) is 0 Å². The number of likely N-dealkylation sites (tertiary alicyclic amines) is 1. The van der Waals surface area contributed by atoms with E-state index >= 15 is 0 Å². The van der Waals surface area contributed by atoms with Crippen molar-refractivity contribution in [2.75, 3.05) is 18.8 Å². The molecular weight excluding hydrogens is 296 g/mol. The maximum atomic E-state index is 12.7. The van der Waals surface area contributed by atoms with Gasteiger partial charge in [0.1, 0.15) is 0 Å². The predicted molar refractivity (Wildman–Crippen MR) is 92.5 cm³/mol. The lowest BCUT2D eigenvalue weighted by atomic mass is 9.99. The lowest BCUT2D eigenvalue weighted by Crippen LogP contribution is -2.29. The first-order valence-corrected chi connectivity index (χ1v) is 7.35. The normalized spacial score (nSPS) is 17.1. The van der Waals surface area contributed by atoms with Gasteiger partial charge in [0.15, 0.2) is 0 Å². The number of nitrogen functional groups attached to an aromatic ring is 1. The third-order valence-corrected chi connectivity index (χ3v) is 4.24. The number of halogens is 1. The van der Waals surface area contributed by atoms with Crippen molar-refractivity contribution in [2.45, 2.75) is 19.3 Å². The van der Waals surface area contributed by atoms with E-state index in [0.29, 0.717) is 11.6 Å². The molecule has 0 aliphatic carbocycles. The van der Waals surface area contributed by atoms with Crippen molar-refractivity contribution in [3.05, 3.63) is 65.2 Å². The van der Waals surface area contributed by atoms with Gasteiger partial charge in [-0.25, -0.2) is 0 Å². The van der Waals surface area contributed by atoms with E-state index in [4.69, 9.17) is 5.73 Å². The summed E-state index contributed by atoms with van der Waals surface area (Å²) in [6.45, 7) is 3.56. The molecule has 116 valence electrons. The molecule has 3 nitrogen and oxygen atoms in total. The molecule has 1 unspecified atom stereocenters. The van der Waals surface area contributed by atoms with Crippen LogP contribution in [0.1, 0.15) is 33.8 Å². The summed E-state index contributed by atoms with van der Waals surface area (Å²) in [5.41, 5.74) is 9.48. The highest BCUT2D eigenvalue weighted by atomic mass is 35.5. The van der Waals surface area contributed by atoms with Crippen molar-refractivity contribution in [3.8, 4) is 0 Å². The Morgan fingerprint density at radius 2 is 1.91 bits per heavy atom. The highest BCUT2D eigenvalue weighted by Crippen LogP contribution is 2.28. The Labute approximate surface area is 137 Å². The highest BCUT2D eigenvalue weighted by molar-refractivity contribution is 5.96. The number of aryl methyl sites for hydroxylation is 1. The zero-order valence-corrected chi connectivity index (χ0v) is 13.5. The SMILES string of the molecule is Cc1ccc(N)cc1C(=O)N1CCC(c2ccccc2)C1.Cl. The minimum atomic E-state index is 0. The van der Waals surface area contributed by atoms with Crippen molar-refractivity contribution in [1.82, 2.24) is 4.90 Å². The van der Waals surface area contributed by atoms with E-state index in [1.165, 1.54) is 5.56 Å². The average Bonchev–Trinajstić information content (AvgIpc) is 3.00. The molecule has 2 aromatic carbocycles. The fraction of sp³-hybridized carbons (Fsp3) is 0.278. The number of carbonyl (C=O) groups is 1. The Morgan fingerprint density at radius 1 is 1.18 bits per heavy atom. The first-order chi connectivity index (χ1) is 10.1. The Kier molecular flexibility index (Phi) is 5.09. The largest absolute Gasteiger partial charge is 0.399 e. The maximum Gasteiger partial charge on any atom is 0.254 e. The number of rotatable bonds is 2. The summed E-state index contributed by atoms with van der Waals surface area (Å²) >= 11 is 0. The summed E-state index contributed by atoms with van der Waals surface area (Å²) in [5.74, 6) is 0.537. The van der Waals surface area contributed by atoms with Crippen molar-refractivity contribution in [2.24, 2.45) is 0 Å². The highest BCUT2D eigenvalue weighted by Gasteiger charge is 2.28. The standard InChI is InChI=1S/C18H20N2O.ClH/c1-13-7-8-16(19)11-17(13)18(21)20-10-9-15(12-20)14-5-3-2-4-6-14;/h2-8,11,15H,9-10,12,19H2,1H3;1H. The predicted octanol–water partition coefficient (Wildman–Crippen LogP) is 3.63. The summed E-state index contributed by atoms with van der Waals surface area (Å²) in [4.78, 5) is 14.6. The van der Waals surface area contributed by atoms with Crippen LogP contribution < -0.4 is 5.73 Å². The van der Waals surface area contributed by atoms with E-state index < -0.39 is 0 Å². The second-order valence-electron chi connectivity index (χ2n) is 5.72. The lowest BCUT2D eigenvalue weighted by Gasteiger charge is -2.18. The van der Waals surface area contributed by atoms with Crippen LogP contribution in [0.3, 0.4) is 0 Å². The monoisotopic (exact) mass is 316 g/mol. The van der Waals surface area contributed by atoms with Crippen LogP contribution in [0.2, 0.25) is 0 Å². The van der Waals surface area contributed by atoms with E-state index in [-0.39, 0.29) is 18.3 Å². The van der Waals surface area contributed by atoms with Gasteiger partial charge >= 0.3 is 0 Å². The molecule has 3 rings (SSSR count). The van der Waals surface area contributed by atoms with Gasteiger partial charge in [0.2, 0.25) is 0 Å². The molecule has 0 spiro atoms. The third-order valence-electron chi connectivity index (χ3n) is 4.24. The van der Waals surface area contributed by atoms with Gasteiger partial charge in [-0.15, -0.1) is 12.4 Å². The molecule has 4 heteroatoms. The molecule has 2 aromatic rings. The second kappa shape index (κ2) is 6.84. The summed E-state index contributed by atoms with van der Waals surface area (Å²) in [7, 11) is 0. The van der Waals surface area contributed by atoms with Gasteiger partial charge in [0.25, 0.3) is 5.91 Å². The lowest BCUT2D eigenvalue weighted by molar-refractivity contribution is 0.0790. The fourth-order valence-corrected chi connectivity index (χ4v) is 2.98. The average molecular weight is 317 g/mol. The quantitative estimate of drug-likeness (QED) is 0.860. The molecule has 1 aliphatic rings. The van der Waals surface area contributed by atoms with Gasteiger partial charge in [-0.05, 0) is 36.6 Å². The number of nitrogens with two attached hydrogens (primary N) is 1. The number of benzene rings is 2. The zero-order chi connectivity index (χ0) is 14.8. The molecule has 1 amide bonds. The number of anilines is 1. The molecule has 1 heterocycles. The first kappa shape index (κ1) is 16.4. The van der Waals surface area contributed by atoms with Crippen molar-refractivity contribution in [3.63, 3.8) is 0 Å². The molecule has 0 saturated carbocycles. The summed E-state index contributed by atoms with van der Waals surface area (Å²) in [6.07, 6.45) is 1.02. The van der Waals surface area contributed by atoms with E-state index in [0.717, 1.165) is 30.6 Å². The molecule has 0 radical (unpaired) electrons. The van der Waals surface area contributed by atoms with Crippen LogP contribution in [-0.4, -0.2) is 23.9 Å². The van der Waals surface area contributed by atoms with Gasteiger partial charge in [-0.3, -0.25) is 4.79 Å². The summed E-state index contributed by atoms with van der Waals surface area (Å²) in [6, 6.07) is 16.0. The van der Waals surface area contributed by atoms with Crippen molar-refractivity contribution in [1.29, 1.82) is 0 Å². The molecule has 1 fully saturated rings. The Morgan fingerprint density at radius 3 is 2.64 bits per heavy atom. The maximum absolute atomic E-state index is 12.7. The van der Waals surface area contributed by atoms with Gasteiger partial charge in [0, 0.05) is 30.3 Å². The summed E-state index contributed by atoms with van der Waals surface area (Å²) in [5, 5.41) is 0. The zero-order valence-electron chi connectivity index (χ0n) is 12.7. The van der Waals surface area contributed by atoms with Crippen molar-refractivity contribution < 1.29 is 4.79 Å². The topological polar surface area (TPSA) is 46.3 Å². The minimum Gasteiger partial charge on any atom is -0.399 e. The molecule has 0 aromatic heterocycles. The smallest absolute Gasteiger partial charge is 0.254 e. The first-order valence-electron chi connectivity index (χ1n) is 7.35. The molecule has 2 N–H and O–H groups in total. The van der Waals surface area contributed by atoms with E-state index in [1.807, 2.05) is 30.0 Å². The number of carbonyl (C=O) groups excluding carboxylic acids is 1. The molecule has 1 atom stereocenters. The van der Waals surface area contributed by atoms with Crippen LogP contribution >= 0.6 is 12.4 Å². The van der Waals surface area contributed by atoms with Crippen LogP contribution in [-0.2, 0) is 0 Å². The number of hydrogen-bond acceptors (Lipinski definition) is 2. The van der Waals surface area contributed by atoms with Crippen LogP contribution in [0.4, 0.5) is 5.69 Å². The molecular formula is C18H21ClN2O. The Hall–Kier alpha value is -2.00. The van der Waals surface area contributed by atoms with Crippen LogP contribution in [0.25, 0.3) is 0 Å². The van der Waals surface area contributed by atoms with Gasteiger partial charge in [-0.1, -0.05) is 36.4 Å². The van der Waals surface area contributed by atoms with E-state index in [9.17, 15) is 4.79 Å². The molecule has 0 bridgehead atoms. The Bertz CT molecular complexity index is 657. The second-order valence-corrected chi connectivity index (χ2v) is 5.72. The van der Waals surface area contributed by atoms with Crippen LogP contribution in [0.15, 0.2) is 48.5 Å². The van der Waals surface area contributed by atoms with Gasteiger partial charge < -0.3 is 10.6 Å². The Balaban J connectivity index is 0.00000176. The minimum absolute atomic E-state index is 0. The number of hydrogen-bond donors (Lipinski definition) is 1. The van der Waals surface area contributed by atoms with Crippen LogP contribution in [0.5, 0.6) is 0 Å². The molecule has 1 saturated heterocycles. The molecule has 1 aliphatic heterocycles. The van der Waals surface area contributed by atoms with Crippen molar-refractivity contribution >= 4 is 24.0 Å². The van der Waals surface area contributed by atoms with Crippen LogP contribution in [0, 0.1) is 6.92 Å². The number of amides is 1. The third kappa shape index (κ3) is 3.25. The van der Waals surface area contributed by atoms with E-state index in [1.54, 1.807) is 6.07 Å². The van der Waals surface area contributed by atoms with Gasteiger partial charge in [-0.2, -0.15) is 0 Å². The fourth-order valence-electron chi connectivity index (χ4n) is 2.98. The summed E-state index contributed by atoms with van der Waals surface area (Å²) < 4.78 is 0. The van der Waals surface area contributed by atoms with E-state index in [2.05, 4.69) is 24.3 Å².